The van der Waals surface area contributed by atoms with Gasteiger partial charge in [-0.15, -0.1) is 0 Å². The number of carbonyl (C=O) groups is 2. The average Bonchev–Trinajstić information content (AvgIpc) is 2.29. The second kappa shape index (κ2) is 5.50. The van der Waals surface area contributed by atoms with E-state index in [0.29, 0.717) is 25.7 Å². The first-order valence-corrected chi connectivity index (χ1v) is 4.91. The lowest BCUT2D eigenvalue weighted by Crippen LogP contribution is -2.29. The Morgan fingerprint density at radius 1 is 1.27 bits per heavy atom. The summed E-state index contributed by atoms with van der Waals surface area (Å²) in [5.74, 6) is 3.83. The van der Waals surface area contributed by atoms with Gasteiger partial charge in [0.15, 0.2) is 0 Å². The van der Waals surface area contributed by atoms with Crippen molar-refractivity contribution in [2.24, 2.45) is 11.8 Å². The van der Waals surface area contributed by atoms with Gasteiger partial charge in [-0.25, -0.2) is 4.79 Å². The van der Waals surface area contributed by atoms with Crippen molar-refractivity contribution in [1.29, 1.82) is 0 Å². The summed E-state index contributed by atoms with van der Waals surface area (Å²) >= 11 is 0. The second-order valence-electron chi connectivity index (χ2n) is 3.55. The number of carbonyl (C=O) groups excluding carboxylic acids is 2. The molecule has 5 heteroatoms. The summed E-state index contributed by atoms with van der Waals surface area (Å²) in [6, 6.07) is 0. The van der Waals surface area contributed by atoms with E-state index in [2.05, 4.69) is 11.4 Å². The van der Waals surface area contributed by atoms with Gasteiger partial charge in [-0.2, -0.15) is 5.90 Å². The van der Waals surface area contributed by atoms with Crippen LogP contribution in [0, 0.1) is 5.92 Å². The molecule has 0 radical (unpaired) electrons. The minimum Gasteiger partial charge on any atom is -0.459 e. The summed E-state index contributed by atoms with van der Waals surface area (Å²) in [4.78, 5) is 26.1. The van der Waals surface area contributed by atoms with Crippen LogP contribution < -0.4 is 5.90 Å². The molecular formula is C10H15NO4. The Labute approximate surface area is 88.2 Å². The Morgan fingerprint density at radius 3 is 2.33 bits per heavy atom. The van der Waals surface area contributed by atoms with Crippen LogP contribution in [0.1, 0.15) is 25.7 Å². The Balaban J connectivity index is 2.32. The fourth-order valence-electron chi connectivity index (χ4n) is 1.72. The van der Waals surface area contributed by atoms with E-state index in [-0.39, 0.29) is 18.0 Å². The topological polar surface area (TPSA) is 78.6 Å². The van der Waals surface area contributed by atoms with Crippen molar-refractivity contribution in [2.45, 2.75) is 31.8 Å². The number of nitrogens with two attached hydrogens (primary N) is 1. The zero-order valence-electron chi connectivity index (χ0n) is 8.48. The van der Waals surface area contributed by atoms with Gasteiger partial charge in [-0.1, -0.05) is 6.58 Å². The molecule has 2 N–H and O–H groups in total. The van der Waals surface area contributed by atoms with Crippen LogP contribution in [0.2, 0.25) is 0 Å². The molecule has 0 atom stereocenters. The van der Waals surface area contributed by atoms with Crippen LogP contribution in [0.25, 0.3) is 0 Å². The molecule has 0 aliphatic heterocycles. The molecular weight excluding hydrogens is 198 g/mol. The molecule has 1 saturated carbocycles. The predicted octanol–water partition coefficient (Wildman–Crippen LogP) is 0.691. The van der Waals surface area contributed by atoms with E-state index in [1.165, 1.54) is 0 Å². The first kappa shape index (κ1) is 11.7. The van der Waals surface area contributed by atoms with Gasteiger partial charge < -0.3 is 9.57 Å². The molecule has 0 unspecified atom stereocenters. The van der Waals surface area contributed by atoms with Crippen LogP contribution in [-0.2, 0) is 19.2 Å². The van der Waals surface area contributed by atoms with Gasteiger partial charge in [0.2, 0.25) is 0 Å². The molecule has 1 fully saturated rings. The molecule has 15 heavy (non-hydrogen) atoms. The van der Waals surface area contributed by atoms with Gasteiger partial charge in [0.1, 0.15) is 6.10 Å². The molecule has 0 bridgehead atoms. The number of esters is 1. The van der Waals surface area contributed by atoms with E-state index in [0.717, 1.165) is 6.08 Å². The monoisotopic (exact) mass is 213 g/mol. The number of ether oxygens (including phenoxy) is 1. The van der Waals surface area contributed by atoms with Gasteiger partial charge in [0, 0.05) is 6.08 Å². The van der Waals surface area contributed by atoms with Gasteiger partial charge in [-0.05, 0) is 25.7 Å². The van der Waals surface area contributed by atoms with Crippen LogP contribution in [-0.4, -0.2) is 18.0 Å². The maximum atomic E-state index is 11.1. The first-order chi connectivity index (χ1) is 7.17. The molecule has 0 saturated heterocycles. The van der Waals surface area contributed by atoms with Crippen molar-refractivity contribution in [3.63, 3.8) is 0 Å². The molecule has 0 aromatic carbocycles. The van der Waals surface area contributed by atoms with Crippen molar-refractivity contribution in [3.05, 3.63) is 12.7 Å². The Morgan fingerprint density at radius 2 is 1.87 bits per heavy atom. The Hall–Kier alpha value is -1.36. The highest BCUT2D eigenvalue weighted by molar-refractivity contribution is 5.81. The van der Waals surface area contributed by atoms with Crippen LogP contribution in [0.4, 0.5) is 0 Å². The van der Waals surface area contributed by atoms with Crippen molar-refractivity contribution in [3.8, 4) is 0 Å². The highest BCUT2D eigenvalue weighted by Gasteiger charge is 2.28. The molecule has 0 spiro atoms. The van der Waals surface area contributed by atoms with E-state index >= 15 is 0 Å². The Kier molecular flexibility index (Phi) is 4.30. The van der Waals surface area contributed by atoms with Crippen molar-refractivity contribution < 1.29 is 19.2 Å². The van der Waals surface area contributed by atoms with Crippen LogP contribution >= 0.6 is 0 Å². The maximum Gasteiger partial charge on any atom is 0.330 e. The molecule has 5 nitrogen and oxygen atoms in total. The number of hydrogen-bond acceptors (Lipinski definition) is 5. The maximum absolute atomic E-state index is 11.1. The smallest absolute Gasteiger partial charge is 0.330 e. The normalized spacial score (nSPS) is 25.4. The molecule has 0 heterocycles. The third-order valence-electron chi connectivity index (χ3n) is 2.57. The van der Waals surface area contributed by atoms with Crippen LogP contribution in [0.5, 0.6) is 0 Å². The lowest BCUT2D eigenvalue weighted by Gasteiger charge is -2.25. The first-order valence-electron chi connectivity index (χ1n) is 4.91. The van der Waals surface area contributed by atoms with Gasteiger partial charge in [-0.3, -0.25) is 4.79 Å². The largest absolute Gasteiger partial charge is 0.459 e. The number of rotatable bonds is 3. The molecule has 0 aromatic rings. The van der Waals surface area contributed by atoms with Crippen molar-refractivity contribution in [2.75, 3.05) is 0 Å². The summed E-state index contributed by atoms with van der Waals surface area (Å²) in [6.07, 6.45) is 3.65. The summed E-state index contributed by atoms with van der Waals surface area (Å²) in [6.45, 7) is 3.32. The fraction of sp³-hybridized carbons (Fsp3) is 0.600. The van der Waals surface area contributed by atoms with E-state index < -0.39 is 5.97 Å². The predicted molar refractivity (Wildman–Crippen MR) is 52.3 cm³/mol. The van der Waals surface area contributed by atoms with E-state index in [1.54, 1.807) is 0 Å². The summed E-state index contributed by atoms with van der Waals surface area (Å²) < 4.78 is 5.06. The average molecular weight is 213 g/mol. The van der Waals surface area contributed by atoms with E-state index in [4.69, 9.17) is 10.6 Å². The number of hydrogen-bond donors (Lipinski definition) is 1. The van der Waals surface area contributed by atoms with Gasteiger partial charge in [0.05, 0.1) is 5.92 Å². The SMILES string of the molecule is C=CC(=O)OC1CCC(C(=O)ON)CC1. The quantitative estimate of drug-likeness (QED) is 0.424. The second-order valence-corrected chi connectivity index (χ2v) is 3.55. The molecule has 0 aromatic heterocycles. The molecule has 1 aliphatic rings. The zero-order valence-corrected chi connectivity index (χ0v) is 8.48. The minimum atomic E-state index is -0.417. The summed E-state index contributed by atoms with van der Waals surface area (Å²) in [5, 5.41) is 0. The lowest BCUT2D eigenvalue weighted by molar-refractivity contribution is -0.152. The zero-order chi connectivity index (χ0) is 11.3. The lowest BCUT2D eigenvalue weighted by atomic mass is 9.87. The van der Waals surface area contributed by atoms with E-state index in [9.17, 15) is 9.59 Å². The van der Waals surface area contributed by atoms with Crippen LogP contribution in [0.3, 0.4) is 0 Å². The molecule has 1 aliphatic carbocycles. The molecule has 84 valence electrons. The third kappa shape index (κ3) is 3.36. The minimum absolute atomic E-state index is 0.114. The Bertz CT molecular complexity index is 256. The summed E-state index contributed by atoms with van der Waals surface area (Å²) in [5.41, 5.74) is 0. The standard InChI is InChI=1S/C10H15NO4/c1-2-9(12)14-8-5-3-7(4-6-8)10(13)15-11/h2,7-8H,1,3-6,11H2. The molecule has 1 rings (SSSR count). The summed E-state index contributed by atoms with van der Waals surface area (Å²) in [7, 11) is 0. The highest BCUT2D eigenvalue weighted by Crippen LogP contribution is 2.26. The molecule has 0 amide bonds. The van der Waals surface area contributed by atoms with Gasteiger partial charge >= 0.3 is 11.9 Å². The van der Waals surface area contributed by atoms with Crippen molar-refractivity contribution >= 4 is 11.9 Å². The highest BCUT2D eigenvalue weighted by atomic mass is 16.7. The van der Waals surface area contributed by atoms with E-state index in [1.807, 2.05) is 0 Å². The fourth-order valence-corrected chi connectivity index (χ4v) is 1.72. The van der Waals surface area contributed by atoms with Crippen molar-refractivity contribution in [1.82, 2.24) is 0 Å². The third-order valence-corrected chi connectivity index (χ3v) is 2.57. The van der Waals surface area contributed by atoms with Gasteiger partial charge in [0.25, 0.3) is 0 Å². The van der Waals surface area contributed by atoms with Crippen LogP contribution in [0.15, 0.2) is 12.7 Å².